The number of rotatable bonds is 5. The van der Waals surface area contributed by atoms with Crippen molar-refractivity contribution < 1.29 is 27.5 Å². The lowest BCUT2D eigenvalue weighted by Gasteiger charge is -2.17. The van der Waals surface area contributed by atoms with Crippen LogP contribution < -0.4 is 15.8 Å². The number of primary amides is 1. The Morgan fingerprint density at radius 3 is 2.50 bits per heavy atom. The minimum atomic E-state index is -4.71. The smallest absolute Gasteiger partial charge is 0.406 e. The number of hydrogen-bond donors (Lipinski definition) is 2. The summed E-state index contributed by atoms with van der Waals surface area (Å²) in [5, 5.41) is 2.71. The summed E-state index contributed by atoms with van der Waals surface area (Å²) in [4.78, 5) is 24.5. The summed E-state index contributed by atoms with van der Waals surface area (Å²) in [6, 6.07) is 5.18. The van der Waals surface area contributed by atoms with Crippen LogP contribution in [0.4, 0.5) is 18.0 Å². The molecule has 0 radical (unpaired) electrons. The molecule has 0 saturated carbocycles. The first-order valence-electron chi connectivity index (χ1n) is 7.41. The number of likely N-dealkylation sites (tertiary alicyclic amines) is 1. The zero-order chi connectivity index (χ0) is 17.7. The second-order valence-corrected chi connectivity index (χ2v) is 5.51. The number of nitrogens with one attached hydrogen (secondary N) is 1. The highest BCUT2D eigenvalue weighted by atomic mass is 19.4. The predicted molar refractivity (Wildman–Crippen MR) is 79.1 cm³/mol. The van der Waals surface area contributed by atoms with E-state index in [0.29, 0.717) is 32.5 Å². The van der Waals surface area contributed by atoms with Gasteiger partial charge in [-0.2, -0.15) is 0 Å². The van der Waals surface area contributed by atoms with E-state index in [2.05, 4.69) is 10.1 Å². The maximum Gasteiger partial charge on any atom is 0.573 e. The number of carbonyl (C=O) groups is 2. The molecule has 3 N–H and O–H groups in total. The van der Waals surface area contributed by atoms with Gasteiger partial charge in [0.1, 0.15) is 5.75 Å². The van der Waals surface area contributed by atoms with Gasteiger partial charge in [0.05, 0.1) is 5.92 Å². The lowest BCUT2D eigenvalue weighted by atomic mass is 10.1. The van der Waals surface area contributed by atoms with Gasteiger partial charge in [-0.25, -0.2) is 4.79 Å². The molecule has 9 heteroatoms. The average Bonchev–Trinajstić information content (AvgIpc) is 2.97. The normalized spacial score (nSPS) is 17.6. The highest BCUT2D eigenvalue weighted by Crippen LogP contribution is 2.22. The summed E-state index contributed by atoms with van der Waals surface area (Å²) >= 11 is 0. The molecule has 1 fully saturated rings. The molecule has 1 aliphatic heterocycles. The molecule has 0 unspecified atom stereocenters. The van der Waals surface area contributed by atoms with Crippen LogP contribution in [-0.4, -0.2) is 42.8 Å². The molecule has 6 nitrogen and oxygen atoms in total. The Labute approximate surface area is 136 Å². The first-order chi connectivity index (χ1) is 11.2. The molecular weight excluding hydrogens is 327 g/mol. The molecule has 132 valence electrons. The topological polar surface area (TPSA) is 84.7 Å². The average molecular weight is 345 g/mol. The fraction of sp³-hybridized carbons (Fsp3) is 0.467. The number of benzene rings is 1. The van der Waals surface area contributed by atoms with Crippen LogP contribution in [-0.2, 0) is 11.2 Å². The highest BCUT2D eigenvalue weighted by Gasteiger charge is 2.31. The van der Waals surface area contributed by atoms with Gasteiger partial charge in [-0.05, 0) is 30.5 Å². The molecule has 3 amide bonds. The number of carbonyl (C=O) groups excluding carboxylic acids is 2. The number of urea groups is 1. The summed E-state index contributed by atoms with van der Waals surface area (Å²) in [6.45, 7) is 1.11. The minimum absolute atomic E-state index is 0.282. The Hall–Kier alpha value is -2.45. The Morgan fingerprint density at radius 1 is 1.29 bits per heavy atom. The van der Waals surface area contributed by atoms with Crippen molar-refractivity contribution in [2.24, 2.45) is 11.7 Å². The number of amides is 3. The minimum Gasteiger partial charge on any atom is -0.406 e. The monoisotopic (exact) mass is 345 g/mol. The van der Waals surface area contributed by atoms with Crippen molar-refractivity contribution in [1.82, 2.24) is 10.2 Å². The third-order valence-corrected chi connectivity index (χ3v) is 3.72. The third-order valence-electron chi connectivity index (χ3n) is 3.72. The number of nitrogens with zero attached hydrogens (tertiary/aromatic N) is 1. The van der Waals surface area contributed by atoms with Crippen molar-refractivity contribution in [3.8, 4) is 5.75 Å². The van der Waals surface area contributed by atoms with E-state index in [9.17, 15) is 22.8 Å². The largest absolute Gasteiger partial charge is 0.573 e. The first kappa shape index (κ1) is 17.9. The summed E-state index contributed by atoms with van der Waals surface area (Å²) in [6.07, 6.45) is -3.69. The van der Waals surface area contributed by atoms with Gasteiger partial charge in [0.25, 0.3) is 0 Å². The molecule has 0 aromatic heterocycles. The van der Waals surface area contributed by atoms with Crippen LogP contribution in [0.1, 0.15) is 12.0 Å². The maximum atomic E-state index is 12.1. The quantitative estimate of drug-likeness (QED) is 0.851. The van der Waals surface area contributed by atoms with Crippen molar-refractivity contribution in [3.63, 3.8) is 0 Å². The zero-order valence-corrected chi connectivity index (χ0v) is 12.8. The molecule has 24 heavy (non-hydrogen) atoms. The summed E-state index contributed by atoms with van der Waals surface area (Å²) < 4.78 is 39.9. The van der Waals surface area contributed by atoms with E-state index in [0.717, 1.165) is 5.56 Å². The van der Waals surface area contributed by atoms with Crippen molar-refractivity contribution in [2.45, 2.75) is 19.2 Å². The molecule has 0 bridgehead atoms. The van der Waals surface area contributed by atoms with Gasteiger partial charge in [-0.15, -0.1) is 13.2 Å². The second-order valence-electron chi connectivity index (χ2n) is 5.51. The zero-order valence-electron chi connectivity index (χ0n) is 12.8. The van der Waals surface area contributed by atoms with Crippen molar-refractivity contribution in [3.05, 3.63) is 29.8 Å². The third kappa shape index (κ3) is 5.32. The van der Waals surface area contributed by atoms with E-state index in [1.807, 2.05) is 0 Å². The second kappa shape index (κ2) is 7.41. The summed E-state index contributed by atoms with van der Waals surface area (Å²) in [5.74, 6) is -1.01. The van der Waals surface area contributed by atoms with E-state index >= 15 is 0 Å². The van der Waals surface area contributed by atoms with Gasteiger partial charge in [0, 0.05) is 19.6 Å². The van der Waals surface area contributed by atoms with Gasteiger partial charge in [0.15, 0.2) is 0 Å². The van der Waals surface area contributed by atoms with E-state index in [-0.39, 0.29) is 17.7 Å². The maximum absolute atomic E-state index is 12.1. The predicted octanol–water partition coefficient (Wildman–Crippen LogP) is 1.64. The first-order valence-corrected chi connectivity index (χ1v) is 7.41. The van der Waals surface area contributed by atoms with Gasteiger partial charge in [-0.3, -0.25) is 4.79 Å². The van der Waals surface area contributed by atoms with Crippen molar-refractivity contribution >= 4 is 11.9 Å². The SMILES string of the molecule is NC(=O)[C@H]1CCN(C(=O)NCCc2ccc(OC(F)(F)F)cc2)C1. The number of ether oxygens (including phenoxy) is 1. The van der Waals surface area contributed by atoms with E-state index < -0.39 is 12.3 Å². The summed E-state index contributed by atoms with van der Waals surface area (Å²) in [5.41, 5.74) is 5.97. The molecule has 1 aliphatic rings. The van der Waals surface area contributed by atoms with E-state index in [4.69, 9.17) is 5.73 Å². The van der Waals surface area contributed by atoms with Crippen LogP contribution in [0.15, 0.2) is 24.3 Å². The number of halogens is 3. The Balaban J connectivity index is 1.74. The summed E-state index contributed by atoms with van der Waals surface area (Å²) in [7, 11) is 0. The molecular formula is C15H18F3N3O3. The number of nitrogens with two attached hydrogens (primary N) is 1. The van der Waals surface area contributed by atoms with Gasteiger partial charge < -0.3 is 20.7 Å². The molecule has 0 spiro atoms. The lowest BCUT2D eigenvalue weighted by molar-refractivity contribution is -0.274. The molecule has 1 saturated heterocycles. The van der Waals surface area contributed by atoms with Crippen LogP contribution in [0.25, 0.3) is 0 Å². The molecule has 1 aromatic carbocycles. The van der Waals surface area contributed by atoms with Crippen LogP contribution in [0.5, 0.6) is 5.75 Å². The van der Waals surface area contributed by atoms with Gasteiger partial charge in [0.2, 0.25) is 5.91 Å². The number of alkyl halides is 3. The fourth-order valence-electron chi connectivity index (χ4n) is 2.46. The Morgan fingerprint density at radius 2 is 1.96 bits per heavy atom. The molecule has 2 rings (SSSR count). The number of hydrogen-bond acceptors (Lipinski definition) is 3. The van der Waals surface area contributed by atoms with E-state index in [1.54, 1.807) is 0 Å². The Kier molecular flexibility index (Phi) is 5.53. The van der Waals surface area contributed by atoms with Crippen molar-refractivity contribution in [2.75, 3.05) is 19.6 Å². The standard InChI is InChI=1S/C15H18F3N3O3/c16-15(17,18)24-12-3-1-10(2-4-12)5-7-20-14(23)21-8-6-11(9-21)13(19)22/h1-4,11H,5-9H2,(H2,19,22)(H,20,23)/t11-/m0/s1. The van der Waals surface area contributed by atoms with E-state index in [1.165, 1.54) is 29.2 Å². The molecule has 1 aromatic rings. The molecule has 1 heterocycles. The lowest BCUT2D eigenvalue weighted by Crippen LogP contribution is -2.40. The van der Waals surface area contributed by atoms with Gasteiger partial charge in [-0.1, -0.05) is 12.1 Å². The van der Waals surface area contributed by atoms with Gasteiger partial charge >= 0.3 is 12.4 Å². The Bertz CT molecular complexity index is 590. The van der Waals surface area contributed by atoms with Crippen LogP contribution in [0.3, 0.4) is 0 Å². The van der Waals surface area contributed by atoms with Crippen LogP contribution in [0, 0.1) is 5.92 Å². The highest BCUT2D eigenvalue weighted by molar-refractivity contribution is 5.80. The molecule has 0 aliphatic carbocycles. The van der Waals surface area contributed by atoms with Crippen molar-refractivity contribution in [1.29, 1.82) is 0 Å². The van der Waals surface area contributed by atoms with Crippen LogP contribution in [0.2, 0.25) is 0 Å². The van der Waals surface area contributed by atoms with Crippen LogP contribution >= 0.6 is 0 Å². The molecule has 1 atom stereocenters. The fourth-order valence-corrected chi connectivity index (χ4v) is 2.46.